The van der Waals surface area contributed by atoms with Gasteiger partial charge in [-0.25, -0.2) is 8.78 Å². The van der Waals surface area contributed by atoms with Crippen LogP contribution in [0.5, 0.6) is 0 Å². The minimum absolute atomic E-state index is 0.0440. The molecule has 3 N–H and O–H groups in total. The molecule has 0 fully saturated rings. The maximum absolute atomic E-state index is 13.6. The Kier molecular flexibility index (Phi) is 3.65. The predicted molar refractivity (Wildman–Crippen MR) is 54.9 cm³/mol. The molecule has 0 spiro atoms. The Morgan fingerprint density at radius 1 is 1.47 bits per heavy atom. The summed E-state index contributed by atoms with van der Waals surface area (Å²) in [6.45, 7) is 1.30. The molecule has 0 radical (unpaired) electrons. The largest absolute Gasteiger partial charge is 0.395 e. The van der Waals surface area contributed by atoms with E-state index in [2.05, 4.69) is 0 Å². The molecule has 0 saturated carbocycles. The lowest BCUT2D eigenvalue weighted by atomic mass is 9.83. The third-order valence-corrected chi connectivity index (χ3v) is 2.83. The van der Waals surface area contributed by atoms with Gasteiger partial charge in [0.2, 0.25) is 0 Å². The van der Waals surface area contributed by atoms with Gasteiger partial charge in [-0.2, -0.15) is 0 Å². The molecule has 0 aliphatic heterocycles. The van der Waals surface area contributed by atoms with E-state index in [-0.39, 0.29) is 18.7 Å². The van der Waals surface area contributed by atoms with Gasteiger partial charge >= 0.3 is 0 Å². The van der Waals surface area contributed by atoms with Crippen LogP contribution in [0.25, 0.3) is 0 Å². The zero-order chi connectivity index (χ0) is 11.6. The number of rotatable bonds is 3. The van der Waals surface area contributed by atoms with E-state index in [0.29, 0.717) is 0 Å². The number of benzene rings is 1. The molecule has 1 atom stereocenters. The van der Waals surface area contributed by atoms with Crippen LogP contribution in [-0.2, 0) is 5.41 Å². The zero-order valence-electron chi connectivity index (χ0n) is 8.23. The second-order valence-corrected chi connectivity index (χ2v) is 4.02. The summed E-state index contributed by atoms with van der Waals surface area (Å²) in [4.78, 5) is 0. The Morgan fingerprint density at radius 2 is 2.07 bits per heavy atom. The van der Waals surface area contributed by atoms with Crippen LogP contribution in [0.2, 0.25) is 5.02 Å². The third-order valence-electron chi connectivity index (χ3n) is 2.48. The fourth-order valence-electron chi connectivity index (χ4n) is 1.25. The van der Waals surface area contributed by atoms with E-state index in [1.165, 1.54) is 6.07 Å². The fourth-order valence-corrected chi connectivity index (χ4v) is 1.42. The Bertz CT molecular complexity index is 367. The first-order valence-electron chi connectivity index (χ1n) is 4.41. The van der Waals surface area contributed by atoms with Gasteiger partial charge in [-0.1, -0.05) is 24.6 Å². The van der Waals surface area contributed by atoms with Crippen molar-refractivity contribution in [3.63, 3.8) is 0 Å². The van der Waals surface area contributed by atoms with Gasteiger partial charge in [-0.3, -0.25) is 0 Å². The summed E-state index contributed by atoms with van der Waals surface area (Å²) in [5.74, 6) is -1.69. The Hall–Kier alpha value is -0.710. The maximum atomic E-state index is 13.6. The summed E-state index contributed by atoms with van der Waals surface area (Å²) in [5, 5.41) is 8.57. The van der Waals surface area contributed by atoms with E-state index in [0.717, 1.165) is 6.07 Å². The van der Waals surface area contributed by atoms with Gasteiger partial charge in [0.25, 0.3) is 0 Å². The monoisotopic (exact) mass is 235 g/mol. The molecule has 1 aromatic rings. The standard InChI is InChI=1S/C10H12ClF2NO/c1-10(4-14,5-15)6-2-3-7(12)8(11)9(6)13/h2-3,15H,4-5,14H2,1H3. The number of nitrogens with two attached hydrogens (primary N) is 1. The number of aliphatic hydroxyl groups is 1. The second-order valence-electron chi connectivity index (χ2n) is 3.65. The predicted octanol–water partition coefficient (Wildman–Crippen LogP) is 1.83. The Labute approximate surface area is 91.7 Å². The molecule has 0 aliphatic rings. The van der Waals surface area contributed by atoms with E-state index in [4.69, 9.17) is 22.4 Å². The first-order valence-corrected chi connectivity index (χ1v) is 4.79. The molecule has 1 unspecified atom stereocenters. The average Bonchev–Trinajstić information content (AvgIpc) is 2.25. The molecule has 0 heterocycles. The Morgan fingerprint density at radius 3 is 2.53 bits per heavy atom. The molecule has 0 aromatic heterocycles. The van der Waals surface area contributed by atoms with Gasteiger partial charge < -0.3 is 10.8 Å². The lowest BCUT2D eigenvalue weighted by Crippen LogP contribution is -2.36. The van der Waals surface area contributed by atoms with E-state index in [1.807, 2.05) is 0 Å². The van der Waals surface area contributed by atoms with Crippen LogP contribution in [0.4, 0.5) is 8.78 Å². The first kappa shape index (κ1) is 12.4. The molecule has 1 aromatic carbocycles. The van der Waals surface area contributed by atoms with Crippen LogP contribution in [0.1, 0.15) is 12.5 Å². The van der Waals surface area contributed by atoms with Gasteiger partial charge in [-0.05, 0) is 11.6 Å². The van der Waals surface area contributed by atoms with Crippen molar-refractivity contribution in [2.24, 2.45) is 5.73 Å². The van der Waals surface area contributed by atoms with Crippen LogP contribution >= 0.6 is 11.6 Å². The maximum Gasteiger partial charge on any atom is 0.148 e. The summed E-state index contributed by atoms with van der Waals surface area (Å²) in [6.07, 6.45) is 0. The molecule has 84 valence electrons. The van der Waals surface area contributed by atoms with Crippen LogP contribution in [0.3, 0.4) is 0 Å². The van der Waals surface area contributed by atoms with Crippen molar-refractivity contribution in [2.45, 2.75) is 12.3 Å². The van der Waals surface area contributed by atoms with Gasteiger partial charge in [-0.15, -0.1) is 0 Å². The van der Waals surface area contributed by atoms with Crippen molar-refractivity contribution in [3.05, 3.63) is 34.4 Å². The van der Waals surface area contributed by atoms with Gasteiger partial charge in [0.1, 0.15) is 16.7 Å². The van der Waals surface area contributed by atoms with E-state index < -0.39 is 22.1 Å². The van der Waals surface area contributed by atoms with Crippen molar-refractivity contribution in [3.8, 4) is 0 Å². The van der Waals surface area contributed by atoms with Crippen LogP contribution in [0, 0.1) is 11.6 Å². The average molecular weight is 236 g/mol. The van der Waals surface area contributed by atoms with E-state index >= 15 is 0 Å². The number of halogens is 3. The molecule has 1 rings (SSSR count). The smallest absolute Gasteiger partial charge is 0.148 e. The Balaban J connectivity index is 3.32. The molecule has 15 heavy (non-hydrogen) atoms. The highest BCUT2D eigenvalue weighted by Crippen LogP contribution is 2.30. The fraction of sp³-hybridized carbons (Fsp3) is 0.400. The highest BCUT2D eigenvalue weighted by Gasteiger charge is 2.29. The number of hydrogen-bond donors (Lipinski definition) is 2. The van der Waals surface area contributed by atoms with Gasteiger partial charge in [0, 0.05) is 12.0 Å². The van der Waals surface area contributed by atoms with Crippen LogP contribution < -0.4 is 5.73 Å². The zero-order valence-corrected chi connectivity index (χ0v) is 8.98. The molecule has 2 nitrogen and oxygen atoms in total. The van der Waals surface area contributed by atoms with Crippen LogP contribution in [0.15, 0.2) is 12.1 Å². The SMILES string of the molecule is CC(CN)(CO)c1ccc(F)c(Cl)c1F. The normalized spacial score (nSPS) is 15.1. The summed E-state index contributed by atoms with van der Waals surface area (Å²) >= 11 is 5.43. The van der Waals surface area contributed by atoms with Gasteiger partial charge in [0.05, 0.1) is 6.61 Å². The number of hydrogen-bond acceptors (Lipinski definition) is 2. The summed E-state index contributed by atoms with van der Waals surface area (Å²) in [6, 6.07) is 2.31. The summed E-state index contributed by atoms with van der Waals surface area (Å²) < 4.78 is 26.5. The highest BCUT2D eigenvalue weighted by molar-refractivity contribution is 6.31. The van der Waals surface area contributed by atoms with E-state index in [9.17, 15) is 8.78 Å². The molecular weight excluding hydrogens is 224 g/mol. The molecule has 0 bridgehead atoms. The van der Waals surface area contributed by atoms with Gasteiger partial charge in [0.15, 0.2) is 0 Å². The quantitative estimate of drug-likeness (QED) is 0.786. The molecule has 0 saturated heterocycles. The van der Waals surface area contributed by atoms with Crippen molar-refractivity contribution < 1.29 is 13.9 Å². The first-order chi connectivity index (χ1) is 6.96. The highest BCUT2D eigenvalue weighted by atomic mass is 35.5. The van der Waals surface area contributed by atoms with Crippen molar-refractivity contribution in [1.29, 1.82) is 0 Å². The van der Waals surface area contributed by atoms with Crippen molar-refractivity contribution in [1.82, 2.24) is 0 Å². The summed E-state index contributed by atoms with van der Waals surface area (Å²) in [7, 11) is 0. The lowest BCUT2D eigenvalue weighted by Gasteiger charge is -2.26. The molecular formula is C10H12ClF2NO. The lowest BCUT2D eigenvalue weighted by molar-refractivity contribution is 0.206. The van der Waals surface area contributed by atoms with Crippen molar-refractivity contribution in [2.75, 3.05) is 13.2 Å². The minimum Gasteiger partial charge on any atom is -0.395 e. The molecule has 0 amide bonds. The van der Waals surface area contributed by atoms with Crippen molar-refractivity contribution >= 4 is 11.6 Å². The third kappa shape index (κ3) is 2.12. The van der Waals surface area contributed by atoms with E-state index in [1.54, 1.807) is 6.92 Å². The second kappa shape index (κ2) is 4.43. The van der Waals surface area contributed by atoms with Crippen LogP contribution in [-0.4, -0.2) is 18.3 Å². The molecule has 5 heteroatoms. The molecule has 0 aliphatic carbocycles. The topological polar surface area (TPSA) is 46.2 Å². The minimum atomic E-state index is -0.943. The number of aliphatic hydroxyl groups excluding tert-OH is 1. The summed E-state index contributed by atoms with van der Waals surface area (Å²) in [5.41, 5.74) is 4.62.